The van der Waals surface area contributed by atoms with E-state index in [0.717, 1.165) is 16.8 Å². The first-order valence-electron chi connectivity index (χ1n) is 8.37. The van der Waals surface area contributed by atoms with Crippen molar-refractivity contribution in [2.75, 3.05) is 11.9 Å². The van der Waals surface area contributed by atoms with Crippen LogP contribution in [-0.2, 0) is 20.7 Å². The third kappa shape index (κ3) is 6.63. The Balaban J connectivity index is 1.82. The molecule has 130 valence electrons. The summed E-state index contributed by atoms with van der Waals surface area (Å²) in [6.45, 7) is 4.17. The highest BCUT2D eigenvalue weighted by Crippen LogP contribution is 2.12. The molecule has 0 aliphatic heterocycles. The smallest absolute Gasteiger partial charge is 0.330 e. The van der Waals surface area contributed by atoms with E-state index in [1.54, 1.807) is 13.0 Å². The Labute approximate surface area is 148 Å². The normalized spacial score (nSPS) is 10.6. The number of carbonyl (C=O) groups excluding carboxylic acids is 2. The number of hydrogen-bond donors (Lipinski definition) is 1. The van der Waals surface area contributed by atoms with Gasteiger partial charge in [-0.05, 0) is 49.6 Å². The molecule has 0 atom stereocenters. The van der Waals surface area contributed by atoms with Crippen LogP contribution in [0, 0.1) is 6.92 Å². The van der Waals surface area contributed by atoms with E-state index >= 15 is 0 Å². The number of rotatable bonds is 7. The lowest BCUT2D eigenvalue weighted by atomic mass is 10.1. The molecule has 0 aromatic heterocycles. The number of nitrogens with one attached hydrogen (secondary N) is 1. The Hall–Kier alpha value is -2.88. The topological polar surface area (TPSA) is 55.4 Å². The van der Waals surface area contributed by atoms with Crippen molar-refractivity contribution in [2.45, 2.75) is 26.7 Å². The van der Waals surface area contributed by atoms with Crippen LogP contribution in [0.3, 0.4) is 0 Å². The Bertz CT molecular complexity index is 731. The monoisotopic (exact) mass is 337 g/mol. The van der Waals surface area contributed by atoms with Crippen LogP contribution in [0.15, 0.2) is 54.6 Å². The molecule has 0 saturated carbocycles. The molecule has 4 heteroatoms. The second kappa shape index (κ2) is 9.42. The molecular formula is C21H23NO3. The molecule has 0 spiro atoms. The van der Waals surface area contributed by atoms with Gasteiger partial charge in [-0.25, -0.2) is 4.79 Å². The van der Waals surface area contributed by atoms with E-state index < -0.39 is 0 Å². The zero-order valence-electron chi connectivity index (χ0n) is 14.6. The Morgan fingerprint density at radius 1 is 1.04 bits per heavy atom. The summed E-state index contributed by atoms with van der Waals surface area (Å²) in [6.07, 6.45) is 4.22. The summed E-state index contributed by atoms with van der Waals surface area (Å²) in [7, 11) is 0. The highest BCUT2D eigenvalue weighted by atomic mass is 16.5. The summed E-state index contributed by atoms with van der Waals surface area (Å²) < 4.78 is 4.83. The van der Waals surface area contributed by atoms with E-state index in [9.17, 15) is 9.59 Å². The maximum Gasteiger partial charge on any atom is 0.330 e. The van der Waals surface area contributed by atoms with Crippen molar-refractivity contribution in [3.8, 4) is 0 Å². The molecule has 0 unspecified atom stereocenters. The maximum atomic E-state index is 12.0. The molecule has 0 heterocycles. The van der Waals surface area contributed by atoms with Gasteiger partial charge in [-0.3, -0.25) is 4.79 Å². The van der Waals surface area contributed by atoms with E-state index in [4.69, 9.17) is 4.74 Å². The number of anilines is 1. The second-order valence-electron chi connectivity index (χ2n) is 5.74. The Kier molecular flexibility index (Phi) is 6.96. The highest BCUT2D eigenvalue weighted by Gasteiger charge is 2.03. The van der Waals surface area contributed by atoms with E-state index in [-0.39, 0.29) is 11.9 Å². The predicted molar refractivity (Wildman–Crippen MR) is 100 cm³/mol. The lowest BCUT2D eigenvalue weighted by molar-refractivity contribution is -0.137. The average Bonchev–Trinajstić information content (AvgIpc) is 2.61. The molecule has 1 N–H and O–H groups in total. The summed E-state index contributed by atoms with van der Waals surface area (Å²) >= 11 is 0. The van der Waals surface area contributed by atoms with Crippen LogP contribution in [0.25, 0.3) is 6.08 Å². The van der Waals surface area contributed by atoms with Gasteiger partial charge in [0.15, 0.2) is 0 Å². The largest absolute Gasteiger partial charge is 0.463 e. The molecule has 0 fully saturated rings. The van der Waals surface area contributed by atoms with Crippen molar-refractivity contribution in [1.29, 1.82) is 0 Å². The number of amides is 1. The van der Waals surface area contributed by atoms with Crippen molar-refractivity contribution >= 4 is 23.6 Å². The Morgan fingerprint density at radius 2 is 1.72 bits per heavy atom. The van der Waals surface area contributed by atoms with Crippen molar-refractivity contribution in [3.63, 3.8) is 0 Å². The molecule has 0 saturated heterocycles. The fourth-order valence-corrected chi connectivity index (χ4v) is 2.27. The fourth-order valence-electron chi connectivity index (χ4n) is 2.27. The van der Waals surface area contributed by atoms with Crippen LogP contribution in [-0.4, -0.2) is 18.5 Å². The number of esters is 1. The van der Waals surface area contributed by atoms with Gasteiger partial charge in [0.1, 0.15) is 0 Å². The van der Waals surface area contributed by atoms with Gasteiger partial charge in [-0.1, -0.05) is 42.0 Å². The van der Waals surface area contributed by atoms with E-state index in [1.165, 1.54) is 11.6 Å². The predicted octanol–water partition coefficient (Wildman–Crippen LogP) is 4.14. The summed E-state index contributed by atoms with van der Waals surface area (Å²) in [5.74, 6) is -0.383. The van der Waals surface area contributed by atoms with E-state index in [1.807, 2.05) is 43.3 Å². The molecular weight excluding hydrogens is 314 g/mol. The van der Waals surface area contributed by atoms with Gasteiger partial charge < -0.3 is 10.1 Å². The standard InChI is InChI=1S/C21H23NO3/c1-3-25-21(24)15-11-18-8-12-19(13-9-18)22-20(23)14-10-17-6-4-16(2)5-7-17/h4-9,11-13,15H,3,10,14H2,1-2H3,(H,22,23)/b15-11+. The third-order valence-corrected chi connectivity index (χ3v) is 3.65. The number of hydrogen-bond acceptors (Lipinski definition) is 3. The van der Waals surface area contributed by atoms with Crippen LogP contribution in [0.5, 0.6) is 0 Å². The molecule has 2 aromatic carbocycles. The van der Waals surface area contributed by atoms with E-state index in [2.05, 4.69) is 17.4 Å². The van der Waals surface area contributed by atoms with Gasteiger partial charge in [0, 0.05) is 18.2 Å². The fraction of sp³-hybridized carbons (Fsp3) is 0.238. The first-order chi connectivity index (χ1) is 12.1. The van der Waals surface area contributed by atoms with Crippen LogP contribution >= 0.6 is 0 Å². The van der Waals surface area contributed by atoms with Gasteiger partial charge in [0.05, 0.1) is 6.61 Å². The zero-order valence-corrected chi connectivity index (χ0v) is 14.6. The van der Waals surface area contributed by atoms with Crippen molar-refractivity contribution in [3.05, 3.63) is 71.3 Å². The molecule has 2 rings (SSSR count). The van der Waals surface area contributed by atoms with Gasteiger partial charge in [-0.2, -0.15) is 0 Å². The number of benzene rings is 2. The molecule has 0 aliphatic rings. The van der Waals surface area contributed by atoms with Gasteiger partial charge in [0.25, 0.3) is 0 Å². The molecule has 25 heavy (non-hydrogen) atoms. The molecule has 0 bridgehead atoms. The summed E-state index contributed by atoms with van der Waals surface area (Å²) in [6, 6.07) is 15.5. The van der Waals surface area contributed by atoms with Gasteiger partial charge in [0.2, 0.25) is 5.91 Å². The van der Waals surface area contributed by atoms with Crippen molar-refractivity contribution < 1.29 is 14.3 Å². The number of carbonyl (C=O) groups is 2. The summed E-state index contributed by atoms with van der Waals surface area (Å²) in [5, 5.41) is 2.88. The quantitative estimate of drug-likeness (QED) is 0.610. The average molecular weight is 337 g/mol. The second-order valence-corrected chi connectivity index (χ2v) is 5.74. The first kappa shape index (κ1) is 18.5. The third-order valence-electron chi connectivity index (χ3n) is 3.65. The molecule has 0 radical (unpaired) electrons. The Morgan fingerprint density at radius 3 is 2.36 bits per heavy atom. The lowest BCUT2D eigenvalue weighted by Gasteiger charge is -2.06. The molecule has 2 aromatic rings. The zero-order chi connectivity index (χ0) is 18.1. The first-order valence-corrected chi connectivity index (χ1v) is 8.37. The van der Waals surface area contributed by atoms with Crippen LogP contribution < -0.4 is 5.32 Å². The SMILES string of the molecule is CCOC(=O)/C=C/c1ccc(NC(=O)CCc2ccc(C)cc2)cc1. The molecule has 4 nitrogen and oxygen atoms in total. The lowest BCUT2D eigenvalue weighted by Crippen LogP contribution is -2.12. The highest BCUT2D eigenvalue weighted by molar-refractivity contribution is 5.91. The number of ether oxygens (including phenoxy) is 1. The number of aryl methyl sites for hydroxylation is 2. The van der Waals surface area contributed by atoms with Gasteiger partial charge >= 0.3 is 5.97 Å². The summed E-state index contributed by atoms with van der Waals surface area (Å²) in [5.41, 5.74) is 3.97. The van der Waals surface area contributed by atoms with Crippen molar-refractivity contribution in [2.24, 2.45) is 0 Å². The maximum absolute atomic E-state index is 12.0. The minimum atomic E-state index is -0.365. The van der Waals surface area contributed by atoms with Gasteiger partial charge in [-0.15, -0.1) is 0 Å². The minimum absolute atomic E-state index is 0.0182. The molecule has 1 amide bonds. The molecule has 0 aliphatic carbocycles. The van der Waals surface area contributed by atoms with Crippen LogP contribution in [0.1, 0.15) is 30.0 Å². The van der Waals surface area contributed by atoms with Crippen LogP contribution in [0.2, 0.25) is 0 Å². The minimum Gasteiger partial charge on any atom is -0.463 e. The summed E-state index contributed by atoms with van der Waals surface area (Å²) in [4.78, 5) is 23.3. The van der Waals surface area contributed by atoms with Crippen molar-refractivity contribution in [1.82, 2.24) is 0 Å². The van der Waals surface area contributed by atoms with Crippen LogP contribution in [0.4, 0.5) is 5.69 Å². The van der Waals surface area contributed by atoms with E-state index in [0.29, 0.717) is 19.4 Å².